The highest BCUT2D eigenvalue weighted by Crippen LogP contribution is 2.16. The molecule has 0 rings (SSSR count). The molecule has 20 nitrogen and oxygen atoms in total. The second-order valence-electron chi connectivity index (χ2n) is 22.0. The van der Waals surface area contributed by atoms with Gasteiger partial charge in [-0.25, -0.2) is 0 Å². The van der Waals surface area contributed by atoms with Crippen LogP contribution in [-0.4, -0.2) is 157 Å². The average Bonchev–Trinajstić information content (AvgIpc) is 3.46. The van der Waals surface area contributed by atoms with Crippen molar-refractivity contribution in [2.75, 3.05) is 78.5 Å². The number of carboxylic acid groups (broad SMARTS) is 1. The van der Waals surface area contributed by atoms with Crippen molar-refractivity contribution in [1.29, 1.82) is 0 Å². The van der Waals surface area contributed by atoms with Gasteiger partial charge in [-0.1, -0.05) is 107 Å². The molecule has 0 aliphatic carbocycles. The van der Waals surface area contributed by atoms with Gasteiger partial charge in [-0.05, 0) is 89.9 Å². The molecule has 0 aliphatic heterocycles. The highest BCUT2D eigenvalue weighted by Gasteiger charge is 2.22. The average molecular weight is 1160 g/mol. The van der Waals surface area contributed by atoms with Gasteiger partial charge in [0.2, 0.25) is 53.2 Å². The second-order valence-corrected chi connectivity index (χ2v) is 22.0. The molecular weight excluding hydrogens is 1050 g/mol. The fourth-order valence-corrected chi connectivity index (χ4v) is 9.77. The molecule has 474 valence electrons. The van der Waals surface area contributed by atoms with Gasteiger partial charge in [-0.3, -0.25) is 47.9 Å². The molecule has 0 aromatic carbocycles. The van der Waals surface area contributed by atoms with Crippen LogP contribution in [-0.2, 0) is 47.9 Å². The molecule has 0 bridgehead atoms. The first-order valence-electron chi connectivity index (χ1n) is 32.2. The van der Waals surface area contributed by atoms with Crippen LogP contribution in [0.2, 0.25) is 0 Å². The zero-order chi connectivity index (χ0) is 61.3. The highest BCUT2D eigenvalue weighted by molar-refractivity contribution is 5.85. The van der Waals surface area contributed by atoms with E-state index in [-0.39, 0.29) is 142 Å². The van der Waals surface area contributed by atoms with E-state index >= 15 is 0 Å². The molecule has 7 N–H and O–H groups in total. The van der Waals surface area contributed by atoms with E-state index in [0.717, 1.165) is 103 Å². The van der Waals surface area contributed by atoms with Gasteiger partial charge in [0.1, 0.15) is 0 Å². The van der Waals surface area contributed by atoms with Crippen molar-refractivity contribution in [1.82, 2.24) is 46.6 Å². The van der Waals surface area contributed by atoms with E-state index in [2.05, 4.69) is 59.6 Å². The number of aliphatic carboxylic acids is 1. The minimum absolute atomic E-state index is 0.0212. The maximum Gasteiger partial charge on any atom is 0.303 e. The summed E-state index contributed by atoms with van der Waals surface area (Å²) in [5.74, 6) is -2.67. The lowest BCUT2D eigenvalue weighted by molar-refractivity contribution is -0.141. The van der Waals surface area contributed by atoms with Gasteiger partial charge >= 0.3 is 5.97 Å². The number of hydrogen-bond acceptors (Lipinski definition) is 10. The third-order valence-electron chi connectivity index (χ3n) is 15.3. The van der Waals surface area contributed by atoms with Crippen LogP contribution < -0.4 is 31.9 Å². The van der Waals surface area contributed by atoms with E-state index in [1.807, 2.05) is 27.7 Å². The fraction of sp³-hybridized carbons (Fsp3) is 0.839. The van der Waals surface area contributed by atoms with Crippen molar-refractivity contribution in [3.05, 3.63) is 0 Å². The summed E-state index contributed by atoms with van der Waals surface area (Å²) in [6.45, 7) is 20.5. The van der Waals surface area contributed by atoms with Crippen LogP contribution in [0.5, 0.6) is 0 Å². The maximum absolute atomic E-state index is 13.5. The Morgan fingerprint density at radius 3 is 0.732 bits per heavy atom. The first-order chi connectivity index (χ1) is 39.5. The molecular formula is C62H115N9O11. The molecule has 20 heteroatoms. The molecule has 0 aromatic heterocycles. The number of carbonyl (C=O) groups excluding carboxylic acids is 9. The smallest absolute Gasteiger partial charge is 0.303 e. The topological polar surface area (TPSA) is 273 Å². The van der Waals surface area contributed by atoms with E-state index in [4.69, 9.17) is 0 Å². The van der Waals surface area contributed by atoms with Crippen molar-refractivity contribution in [2.45, 2.75) is 235 Å². The first-order valence-corrected chi connectivity index (χ1v) is 32.2. The minimum Gasteiger partial charge on any atom is -0.481 e. The number of rotatable bonds is 53. The van der Waals surface area contributed by atoms with Crippen molar-refractivity contribution < 1.29 is 53.1 Å². The van der Waals surface area contributed by atoms with E-state index in [1.54, 1.807) is 9.80 Å². The van der Waals surface area contributed by atoms with Crippen LogP contribution in [0.1, 0.15) is 235 Å². The Morgan fingerprint density at radius 2 is 0.524 bits per heavy atom. The largest absolute Gasteiger partial charge is 0.481 e. The Bertz CT molecular complexity index is 1640. The van der Waals surface area contributed by atoms with Gasteiger partial charge in [0.05, 0.1) is 6.42 Å². The van der Waals surface area contributed by atoms with Crippen molar-refractivity contribution >= 4 is 59.1 Å². The number of amides is 9. The van der Waals surface area contributed by atoms with Crippen LogP contribution in [0, 0.1) is 23.7 Å². The summed E-state index contributed by atoms with van der Waals surface area (Å²) in [6, 6.07) is 0. The number of carbonyl (C=O) groups is 10. The molecule has 0 spiro atoms. The molecule has 0 radical (unpaired) electrons. The van der Waals surface area contributed by atoms with E-state index < -0.39 is 5.97 Å². The molecule has 4 unspecified atom stereocenters. The maximum atomic E-state index is 13.5. The van der Waals surface area contributed by atoms with Crippen molar-refractivity contribution in [2.24, 2.45) is 23.7 Å². The molecule has 0 aromatic rings. The summed E-state index contributed by atoms with van der Waals surface area (Å²) in [7, 11) is 0. The predicted octanol–water partition coefficient (Wildman–Crippen LogP) is 7.80. The van der Waals surface area contributed by atoms with Gasteiger partial charge in [0, 0.05) is 134 Å². The van der Waals surface area contributed by atoms with Gasteiger partial charge in [-0.15, -0.1) is 0 Å². The number of nitrogens with zero attached hydrogens (tertiary/aromatic N) is 3. The summed E-state index contributed by atoms with van der Waals surface area (Å²) >= 11 is 0. The van der Waals surface area contributed by atoms with Crippen LogP contribution in [0.25, 0.3) is 0 Å². The zero-order valence-corrected chi connectivity index (χ0v) is 52.5. The van der Waals surface area contributed by atoms with Crippen molar-refractivity contribution in [3.8, 4) is 0 Å². The SMILES string of the molecule is CCCCC(CC)C(=O)NCCCN(CCCNC(=O)C(CC)CCCC)C(=O)CCC(=O)NCCCN(CCCNC(=O)CCC(=O)N(CCCNC(=O)C(CC)CCCC)CCCNC(=O)C(CC)CCCC)C(=O)CCC(=O)O. The summed E-state index contributed by atoms with van der Waals surface area (Å²) < 4.78 is 0. The molecule has 9 amide bonds. The Balaban J connectivity index is 5.41. The molecule has 4 atom stereocenters. The lowest BCUT2D eigenvalue weighted by Crippen LogP contribution is -2.39. The van der Waals surface area contributed by atoms with Crippen LogP contribution >= 0.6 is 0 Å². The molecule has 0 saturated carbocycles. The summed E-state index contributed by atoms with van der Waals surface area (Å²) in [5.41, 5.74) is 0. The van der Waals surface area contributed by atoms with Crippen LogP contribution in [0.4, 0.5) is 0 Å². The summed E-state index contributed by atoms with van der Waals surface area (Å²) in [6.07, 6.45) is 16.5. The lowest BCUT2D eigenvalue weighted by Gasteiger charge is -2.24. The predicted molar refractivity (Wildman–Crippen MR) is 324 cm³/mol. The van der Waals surface area contributed by atoms with E-state index in [9.17, 15) is 53.1 Å². The number of hydrogen-bond donors (Lipinski definition) is 7. The van der Waals surface area contributed by atoms with Crippen LogP contribution in [0.3, 0.4) is 0 Å². The minimum atomic E-state index is -1.11. The molecule has 0 saturated heterocycles. The van der Waals surface area contributed by atoms with Crippen molar-refractivity contribution in [3.63, 3.8) is 0 Å². The van der Waals surface area contributed by atoms with Gasteiger partial charge < -0.3 is 51.7 Å². The molecule has 0 heterocycles. The normalized spacial score (nSPS) is 12.5. The summed E-state index contributed by atoms with van der Waals surface area (Å²) in [4.78, 5) is 134. The number of carboxylic acids is 1. The van der Waals surface area contributed by atoms with Gasteiger partial charge in [-0.2, -0.15) is 0 Å². The monoisotopic (exact) mass is 1160 g/mol. The quantitative estimate of drug-likeness (QED) is 0.0289. The zero-order valence-electron chi connectivity index (χ0n) is 52.5. The van der Waals surface area contributed by atoms with E-state index in [0.29, 0.717) is 90.9 Å². The highest BCUT2D eigenvalue weighted by atomic mass is 16.4. The molecule has 0 fully saturated rings. The third kappa shape index (κ3) is 37.7. The standard InChI is InChI=1S/C62H115N9O11/c1-9-17-27-49(13-5)59(79)65-39-23-45-69(46-24-40-66-60(80)50(14-6)28-18-10-2)55(74)33-31-53(72)63-37-21-43-71(57(76)35-36-58(77)78)44-22-38-64-54(73)32-34-56(75)70(47-25-41-67-61(81)51(15-7)29-19-11-3)48-26-42-68-62(82)52(16-8)30-20-12-4/h49-52H,9-48H2,1-8H3,(H,63,72)(H,64,73)(H,65,79)(H,66,80)(H,67,81)(H,68,82)(H,77,78). The Hall–Kier alpha value is -5.30. The van der Waals surface area contributed by atoms with Crippen LogP contribution in [0.15, 0.2) is 0 Å². The number of nitrogens with one attached hydrogen (secondary N) is 6. The third-order valence-corrected chi connectivity index (χ3v) is 15.3. The summed E-state index contributed by atoms with van der Waals surface area (Å²) in [5, 5.41) is 27.0. The van der Waals surface area contributed by atoms with Gasteiger partial charge in [0.15, 0.2) is 0 Å². The molecule has 0 aliphatic rings. The fourth-order valence-electron chi connectivity index (χ4n) is 9.77. The lowest BCUT2D eigenvalue weighted by atomic mass is 9.98. The second kappa shape index (κ2) is 50.2. The Kier molecular flexibility index (Phi) is 47.0. The Labute approximate surface area is 494 Å². The first kappa shape index (κ1) is 76.7. The van der Waals surface area contributed by atoms with E-state index in [1.165, 1.54) is 4.90 Å². The Morgan fingerprint density at radius 1 is 0.305 bits per heavy atom. The van der Waals surface area contributed by atoms with Gasteiger partial charge in [0.25, 0.3) is 0 Å². The molecule has 82 heavy (non-hydrogen) atoms. The number of unbranched alkanes of at least 4 members (excludes halogenated alkanes) is 4.